The Morgan fingerprint density at radius 1 is 1.25 bits per heavy atom. The summed E-state index contributed by atoms with van der Waals surface area (Å²) in [6.07, 6.45) is 1.56. The Hall–Kier alpha value is -1.68. The van der Waals surface area contributed by atoms with Crippen LogP contribution in [0.3, 0.4) is 0 Å². The van der Waals surface area contributed by atoms with Gasteiger partial charge in [-0.1, -0.05) is 23.8 Å². The highest BCUT2D eigenvalue weighted by Crippen LogP contribution is 2.19. The van der Waals surface area contributed by atoms with Crippen LogP contribution in [0.5, 0.6) is 0 Å². The van der Waals surface area contributed by atoms with Gasteiger partial charge in [-0.25, -0.2) is 4.98 Å². The van der Waals surface area contributed by atoms with Crippen molar-refractivity contribution in [3.63, 3.8) is 0 Å². The number of aryl methyl sites for hydroxylation is 2. The molecule has 2 aromatic rings. The first-order valence-electron chi connectivity index (χ1n) is 6.47. The molecule has 1 amide bonds. The van der Waals surface area contributed by atoms with E-state index in [1.54, 1.807) is 18.3 Å². The van der Waals surface area contributed by atoms with Crippen molar-refractivity contribution >= 4 is 21.8 Å². The van der Waals surface area contributed by atoms with Crippen molar-refractivity contribution in [2.75, 3.05) is 0 Å². The number of carbonyl (C=O) groups excluding carboxylic acids is 1. The first-order chi connectivity index (χ1) is 9.47. The van der Waals surface area contributed by atoms with Crippen molar-refractivity contribution < 1.29 is 4.79 Å². The van der Waals surface area contributed by atoms with Crippen molar-refractivity contribution in [2.45, 2.75) is 26.8 Å². The van der Waals surface area contributed by atoms with Crippen LogP contribution < -0.4 is 5.32 Å². The fourth-order valence-electron chi connectivity index (χ4n) is 2.09. The van der Waals surface area contributed by atoms with E-state index in [-0.39, 0.29) is 11.9 Å². The molecule has 0 bridgehead atoms. The minimum absolute atomic E-state index is 0.0361. The molecular formula is C16H17BrN2O. The molecule has 1 N–H and O–H groups in total. The minimum atomic E-state index is -0.113. The second kappa shape index (κ2) is 6.18. The summed E-state index contributed by atoms with van der Waals surface area (Å²) >= 11 is 3.26. The summed E-state index contributed by atoms with van der Waals surface area (Å²) < 4.78 is 0.719. The van der Waals surface area contributed by atoms with Crippen LogP contribution in [0.25, 0.3) is 0 Å². The summed E-state index contributed by atoms with van der Waals surface area (Å²) in [7, 11) is 0. The highest BCUT2D eigenvalue weighted by molar-refractivity contribution is 9.10. The standard InChI is InChI=1S/C16H17BrN2O/c1-10-4-5-11(2)14(8-10)12(3)19-16(20)13-6-7-15(17)18-9-13/h4-9,12H,1-3H3,(H,19,20). The van der Waals surface area contributed by atoms with E-state index in [0.717, 1.165) is 10.2 Å². The maximum absolute atomic E-state index is 12.2. The monoisotopic (exact) mass is 332 g/mol. The fraction of sp³-hybridized carbons (Fsp3) is 0.250. The molecule has 2 rings (SSSR count). The van der Waals surface area contributed by atoms with Crippen LogP contribution in [0.15, 0.2) is 41.1 Å². The lowest BCUT2D eigenvalue weighted by molar-refractivity contribution is 0.0939. The van der Waals surface area contributed by atoms with Gasteiger partial charge in [0.25, 0.3) is 5.91 Å². The largest absolute Gasteiger partial charge is 0.345 e. The van der Waals surface area contributed by atoms with E-state index in [4.69, 9.17) is 0 Å². The van der Waals surface area contributed by atoms with Crippen LogP contribution in [0.4, 0.5) is 0 Å². The number of aromatic nitrogens is 1. The van der Waals surface area contributed by atoms with Crippen molar-refractivity contribution in [1.82, 2.24) is 10.3 Å². The first-order valence-corrected chi connectivity index (χ1v) is 7.26. The summed E-state index contributed by atoms with van der Waals surface area (Å²) in [6.45, 7) is 6.10. The molecule has 4 heteroatoms. The molecule has 1 aromatic carbocycles. The van der Waals surface area contributed by atoms with Crippen LogP contribution in [0, 0.1) is 13.8 Å². The molecule has 0 saturated carbocycles. The zero-order valence-corrected chi connectivity index (χ0v) is 13.4. The van der Waals surface area contributed by atoms with Gasteiger partial charge in [-0.15, -0.1) is 0 Å². The molecule has 20 heavy (non-hydrogen) atoms. The molecule has 1 heterocycles. The number of benzene rings is 1. The number of hydrogen-bond donors (Lipinski definition) is 1. The van der Waals surface area contributed by atoms with Crippen LogP contribution >= 0.6 is 15.9 Å². The van der Waals surface area contributed by atoms with Gasteiger partial charge < -0.3 is 5.32 Å². The highest BCUT2D eigenvalue weighted by atomic mass is 79.9. The maximum atomic E-state index is 12.2. The van der Waals surface area contributed by atoms with E-state index in [9.17, 15) is 4.79 Å². The lowest BCUT2D eigenvalue weighted by Gasteiger charge is -2.17. The molecule has 1 atom stereocenters. The molecule has 3 nitrogen and oxygen atoms in total. The minimum Gasteiger partial charge on any atom is -0.345 e. The van der Waals surface area contributed by atoms with Crippen LogP contribution in [-0.2, 0) is 0 Å². The third-order valence-corrected chi connectivity index (χ3v) is 3.71. The number of nitrogens with one attached hydrogen (secondary N) is 1. The summed E-state index contributed by atoms with van der Waals surface area (Å²) in [5.41, 5.74) is 4.07. The topological polar surface area (TPSA) is 42.0 Å². The lowest BCUT2D eigenvalue weighted by Crippen LogP contribution is -2.27. The van der Waals surface area contributed by atoms with E-state index in [1.165, 1.54) is 11.1 Å². The van der Waals surface area contributed by atoms with Gasteiger partial charge >= 0.3 is 0 Å². The highest BCUT2D eigenvalue weighted by Gasteiger charge is 2.13. The summed E-state index contributed by atoms with van der Waals surface area (Å²) in [5, 5.41) is 3.01. The molecule has 0 aliphatic carbocycles. The molecule has 0 fully saturated rings. The van der Waals surface area contributed by atoms with E-state index in [0.29, 0.717) is 5.56 Å². The summed E-state index contributed by atoms with van der Waals surface area (Å²) in [5.74, 6) is -0.113. The van der Waals surface area contributed by atoms with Gasteiger partial charge in [0.1, 0.15) is 4.60 Å². The Balaban J connectivity index is 2.15. The second-order valence-corrected chi connectivity index (χ2v) is 5.74. The molecule has 0 aliphatic rings. The predicted molar refractivity (Wildman–Crippen MR) is 83.7 cm³/mol. The van der Waals surface area contributed by atoms with Crippen molar-refractivity contribution in [1.29, 1.82) is 0 Å². The molecule has 0 saturated heterocycles. The van der Waals surface area contributed by atoms with Crippen molar-refractivity contribution in [2.24, 2.45) is 0 Å². The molecule has 104 valence electrons. The average molecular weight is 333 g/mol. The van der Waals surface area contributed by atoms with Gasteiger partial charge in [-0.2, -0.15) is 0 Å². The van der Waals surface area contributed by atoms with Crippen molar-refractivity contribution in [3.05, 3.63) is 63.4 Å². The average Bonchev–Trinajstić information content (AvgIpc) is 2.42. The molecule has 0 spiro atoms. The van der Waals surface area contributed by atoms with Crippen molar-refractivity contribution in [3.8, 4) is 0 Å². The number of carbonyl (C=O) groups is 1. The quantitative estimate of drug-likeness (QED) is 0.864. The molecule has 0 radical (unpaired) electrons. The van der Waals surface area contributed by atoms with Gasteiger partial charge in [0.2, 0.25) is 0 Å². The van der Waals surface area contributed by atoms with Crippen LogP contribution in [0.2, 0.25) is 0 Å². The van der Waals surface area contributed by atoms with Gasteiger partial charge in [0.05, 0.1) is 11.6 Å². The van der Waals surface area contributed by atoms with E-state index >= 15 is 0 Å². The van der Waals surface area contributed by atoms with Crippen LogP contribution in [0.1, 0.15) is 40.0 Å². The van der Waals surface area contributed by atoms with E-state index in [1.807, 2.05) is 6.92 Å². The number of pyridine rings is 1. The zero-order chi connectivity index (χ0) is 14.7. The number of amides is 1. The Morgan fingerprint density at radius 3 is 2.65 bits per heavy atom. The number of nitrogens with zero attached hydrogens (tertiary/aromatic N) is 1. The first kappa shape index (κ1) is 14.7. The Labute approximate surface area is 127 Å². The number of hydrogen-bond acceptors (Lipinski definition) is 2. The van der Waals surface area contributed by atoms with Crippen LogP contribution in [-0.4, -0.2) is 10.9 Å². The van der Waals surface area contributed by atoms with E-state index < -0.39 is 0 Å². The number of rotatable bonds is 3. The summed E-state index contributed by atoms with van der Waals surface area (Å²) in [6, 6.07) is 9.74. The number of halogens is 1. The SMILES string of the molecule is Cc1ccc(C)c(C(C)NC(=O)c2ccc(Br)nc2)c1. The molecule has 1 aromatic heterocycles. The molecule has 0 aliphatic heterocycles. The third-order valence-electron chi connectivity index (χ3n) is 3.24. The van der Waals surface area contributed by atoms with Gasteiger partial charge in [0.15, 0.2) is 0 Å². The maximum Gasteiger partial charge on any atom is 0.253 e. The lowest BCUT2D eigenvalue weighted by atomic mass is 10.00. The Bertz CT molecular complexity index is 623. The normalized spacial score (nSPS) is 12.0. The van der Waals surface area contributed by atoms with Gasteiger partial charge in [-0.05, 0) is 60.0 Å². The molecule has 1 unspecified atom stereocenters. The smallest absolute Gasteiger partial charge is 0.253 e. The third kappa shape index (κ3) is 3.45. The summed E-state index contributed by atoms with van der Waals surface area (Å²) in [4.78, 5) is 16.2. The van der Waals surface area contributed by atoms with Gasteiger partial charge in [0, 0.05) is 6.20 Å². The molecular weight excluding hydrogens is 316 g/mol. The van der Waals surface area contributed by atoms with Gasteiger partial charge in [-0.3, -0.25) is 4.79 Å². The van der Waals surface area contributed by atoms with E-state index in [2.05, 4.69) is 58.3 Å². The Kier molecular flexibility index (Phi) is 4.55. The predicted octanol–water partition coefficient (Wildman–Crippen LogP) is 3.95. The zero-order valence-electron chi connectivity index (χ0n) is 11.8. The second-order valence-electron chi connectivity index (χ2n) is 4.92. The Morgan fingerprint density at radius 2 is 2.00 bits per heavy atom. The fourth-order valence-corrected chi connectivity index (χ4v) is 2.33.